The fraction of sp³-hybridized carbons (Fsp3) is 0.333. The summed E-state index contributed by atoms with van der Waals surface area (Å²) >= 11 is 0. The van der Waals surface area contributed by atoms with E-state index in [1.807, 2.05) is 30.3 Å². The Labute approximate surface area is 134 Å². The van der Waals surface area contributed by atoms with Crippen LogP contribution in [0.25, 0.3) is 0 Å². The van der Waals surface area contributed by atoms with Crippen LogP contribution in [0.1, 0.15) is 24.0 Å². The van der Waals surface area contributed by atoms with E-state index in [1.165, 1.54) is 0 Å². The molecule has 118 valence electrons. The second-order valence-corrected chi connectivity index (χ2v) is 5.98. The van der Waals surface area contributed by atoms with Crippen LogP contribution >= 0.6 is 0 Å². The molecule has 2 aromatic rings. The highest BCUT2D eigenvalue weighted by atomic mass is 16.6. The molecule has 1 amide bonds. The van der Waals surface area contributed by atoms with Gasteiger partial charge in [-0.3, -0.25) is 9.78 Å². The van der Waals surface area contributed by atoms with Crippen LogP contribution in [-0.2, 0) is 16.8 Å². The van der Waals surface area contributed by atoms with Crippen molar-refractivity contribution in [1.82, 2.24) is 10.3 Å². The molecule has 2 heterocycles. The number of fused-ring (bicyclic) bond motifs is 1. The van der Waals surface area contributed by atoms with Gasteiger partial charge in [0, 0.05) is 18.9 Å². The molecular weight excluding hydrogens is 292 g/mol. The molecule has 1 aromatic heterocycles. The molecule has 1 aromatic carbocycles. The zero-order valence-corrected chi connectivity index (χ0v) is 12.7. The second-order valence-electron chi connectivity index (χ2n) is 5.98. The molecule has 1 N–H and O–H groups in total. The van der Waals surface area contributed by atoms with Crippen molar-refractivity contribution in [3.63, 3.8) is 0 Å². The molecule has 0 saturated heterocycles. The molecule has 1 saturated carbocycles. The molecule has 1 fully saturated rings. The molecule has 4 rings (SSSR count). The van der Waals surface area contributed by atoms with Gasteiger partial charge in [0.05, 0.1) is 5.41 Å². The first-order chi connectivity index (χ1) is 11.3. The predicted octanol–water partition coefficient (Wildman–Crippen LogP) is 2.20. The summed E-state index contributed by atoms with van der Waals surface area (Å²) in [7, 11) is 0. The zero-order chi connectivity index (χ0) is 15.7. The number of benzene rings is 1. The molecule has 0 atom stereocenters. The van der Waals surface area contributed by atoms with Crippen molar-refractivity contribution < 1.29 is 14.3 Å². The minimum absolute atomic E-state index is 0.0750. The van der Waals surface area contributed by atoms with Gasteiger partial charge in [0.15, 0.2) is 11.5 Å². The number of nitrogens with zero attached hydrogens (tertiary/aromatic N) is 1. The third kappa shape index (κ3) is 2.63. The fourth-order valence-corrected chi connectivity index (χ4v) is 2.97. The Bertz CT molecular complexity index is 726. The van der Waals surface area contributed by atoms with E-state index < -0.39 is 5.41 Å². The lowest BCUT2D eigenvalue weighted by Crippen LogP contribution is -2.34. The summed E-state index contributed by atoms with van der Waals surface area (Å²) in [5.41, 5.74) is 1.64. The molecule has 0 spiro atoms. The maximum Gasteiger partial charge on any atom is 0.230 e. The van der Waals surface area contributed by atoms with Crippen LogP contribution in [0.2, 0.25) is 0 Å². The van der Waals surface area contributed by atoms with Crippen LogP contribution in [0, 0.1) is 0 Å². The van der Waals surface area contributed by atoms with Crippen molar-refractivity contribution in [2.45, 2.75) is 24.8 Å². The molecule has 2 aliphatic rings. The Morgan fingerprint density at radius 2 is 1.83 bits per heavy atom. The summed E-state index contributed by atoms with van der Waals surface area (Å²) in [4.78, 5) is 16.7. The smallest absolute Gasteiger partial charge is 0.230 e. The van der Waals surface area contributed by atoms with Crippen molar-refractivity contribution in [2.24, 2.45) is 0 Å². The van der Waals surface area contributed by atoms with Gasteiger partial charge in [-0.25, -0.2) is 0 Å². The van der Waals surface area contributed by atoms with Crippen molar-refractivity contribution in [2.75, 3.05) is 13.2 Å². The monoisotopic (exact) mass is 310 g/mol. The number of ether oxygens (including phenoxy) is 2. The number of aromatic nitrogens is 1. The number of carbonyl (C=O) groups excluding carboxylic acids is 1. The topological polar surface area (TPSA) is 60.5 Å². The Morgan fingerprint density at radius 1 is 1.09 bits per heavy atom. The second kappa shape index (κ2) is 5.57. The van der Waals surface area contributed by atoms with Gasteiger partial charge in [-0.2, -0.15) is 0 Å². The quantitative estimate of drug-likeness (QED) is 0.940. The molecule has 1 aliphatic carbocycles. The molecule has 0 unspecified atom stereocenters. The van der Waals surface area contributed by atoms with Gasteiger partial charge in [-0.05, 0) is 48.2 Å². The van der Waals surface area contributed by atoms with Gasteiger partial charge >= 0.3 is 0 Å². The van der Waals surface area contributed by atoms with Crippen LogP contribution in [0.15, 0.2) is 42.7 Å². The van der Waals surface area contributed by atoms with Crippen LogP contribution in [0.4, 0.5) is 0 Å². The lowest BCUT2D eigenvalue weighted by molar-refractivity contribution is -0.123. The van der Waals surface area contributed by atoms with E-state index in [9.17, 15) is 4.79 Å². The summed E-state index contributed by atoms with van der Waals surface area (Å²) < 4.78 is 11.2. The maximum atomic E-state index is 12.7. The average Bonchev–Trinajstić information content (AvgIpc) is 3.42. The van der Waals surface area contributed by atoms with Crippen LogP contribution in [0.5, 0.6) is 11.5 Å². The number of pyridine rings is 1. The summed E-state index contributed by atoms with van der Waals surface area (Å²) in [5.74, 6) is 1.57. The van der Waals surface area contributed by atoms with Gasteiger partial charge in [0.1, 0.15) is 13.2 Å². The SMILES string of the molecule is O=C(NCc1ccncc1)C1(c2ccc3c(c2)OCCO3)CC1. The standard InChI is InChI=1S/C18H18N2O3/c21-17(20-12-13-3-7-19-8-4-13)18(5-6-18)14-1-2-15-16(11-14)23-10-9-22-15/h1-4,7-8,11H,5-6,9-10,12H2,(H,20,21). The lowest BCUT2D eigenvalue weighted by Gasteiger charge is -2.21. The number of hydrogen-bond donors (Lipinski definition) is 1. The highest BCUT2D eigenvalue weighted by Crippen LogP contribution is 2.50. The minimum Gasteiger partial charge on any atom is -0.486 e. The normalized spacial score (nSPS) is 17.4. The minimum atomic E-state index is -0.414. The van der Waals surface area contributed by atoms with Crippen molar-refractivity contribution in [3.8, 4) is 11.5 Å². The first kappa shape index (κ1) is 14.1. The predicted molar refractivity (Wildman–Crippen MR) is 84.4 cm³/mol. The Hall–Kier alpha value is -2.56. The van der Waals surface area contributed by atoms with E-state index in [0.29, 0.717) is 19.8 Å². The third-order valence-electron chi connectivity index (χ3n) is 4.48. The molecule has 5 heteroatoms. The Morgan fingerprint density at radius 3 is 2.57 bits per heavy atom. The zero-order valence-electron chi connectivity index (χ0n) is 12.7. The highest BCUT2D eigenvalue weighted by Gasteiger charge is 2.51. The van der Waals surface area contributed by atoms with Crippen LogP contribution in [0.3, 0.4) is 0 Å². The van der Waals surface area contributed by atoms with E-state index in [0.717, 1.165) is 35.5 Å². The summed E-state index contributed by atoms with van der Waals surface area (Å²) in [5, 5.41) is 3.04. The van der Waals surface area contributed by atoms with E-state index >= 15 is 0 Å². The number of amides is 1. The average molecular weight is 310 g/mol. The summed E-state index contributed by atoms with van der Waals surface area (Å²) in [6.07, 6.45) is 5.20. The number of hydrogen-bond acceptors (Lipinski definition) is 4. The van der Waals surface area contributed by atoms with E-state index in [1.54, 1.807) is 12.4 Å². The Kier molecular flexibility index (Phi) is 3.41. The van der Waals surface area contributed by atoms with Crippen molar-refractivity contribution >= 4 is 5.91 Å². The van der Waals surface area contributed by atoms with Gasteiger partial charge in [0.2, 0.25) is 5.91 Å². The highest BCUT2D eigenvalue weighted by molar-refractivity contribution is 5.91. The maximum absolute atomic E-state index is 12.7. The van der Waals surface area contributed by atoms with E-state index in [4.69, 9.17) is 9.47 Å². The van der Waals surface area contributed by atoms with Crippen molar-refractivity contribution in [1.29, 1.82) is 0 Å². The van der Waals surface area contributed by atoms with Crippen molar-refractivity contribution in [3.05, 3.63) is 53.9 Å². The Balaban J connectivity index is 1.50. The van der Waals surface area contributed by atoms with Gasteiger partial charge in [0.25, 0.3) is 0 Å². The van der Waals surface area contributed by atoms with Gasteiger partial charge < -0.3 is 14.8 Å². The van der Waals surface area contributed by atoms with E-state index in [2.05, 4.69) is 10.3 Å². The first-order valence-corrected chi connectivity index (χ1v) is 7.85. The first-order valence-electron chi connectivity index (χ1n) is 7.85. The molecule has 5 nitrogen and oxygen atoms in total. The van der Waals surface area contributed by atoms with Gasteiger partial charge in [-0.15, -0.1) is 0 Å². The summed E-state index contributed by atoms with van der Waals surface area (Å²) in [6.45, 7) is 1.65. The number of carbonyl (C=O) groups is 1. The van der Waals surface area contributed by atoms with Gasteiger partial charge in [-0.1, -0.05) is 6.07 Å². The van der Waals surface area contributed by atoms with Crippen LogP contribution in [-0.4, -0.2) is 24.1 Å². The van der Waals surface area contributed by atoms with E-state index in [-0.39, 0.29) is 5.91 Å². The fourth-order valence-electron chi connectivity index (χ4n) is 2.97. The molecule has 1 aliphatic heterocycles. The number of rotatable bonds is 4. The lowest BCUT2D eigenvalue weighted by atomic mass is 9.94. The third-order valence-corrected chi connectivity index (χ3v) is 4.48. The molecule has 0 radical (unpaired) electrons. The number of nitrogens with one attached hydrogen (secondary N) is 1. The van der Waals surface area contributed by atoms with Crippen LogP contribution < -0.4 is 14.8 Å². The largest absolute Gasteiger partial charge is 0.486 e. The molecule has 0 bridgehead atoms. The molecule has 23 heavy (non-hydrogen) atoms. The molecular formula is C18H18N2O3. The summed E-state index contributed by atoms with van der Waals surface area (Å²) in [6, 6.07) is 9.65.